The fourth-order valence-corrected chi connectivity index (χ4v) is 1.94. The van der Waals surface area contributed by atoms with Gasteiger partial charge in [0.25, 0.3) is 5.19 Å². The Kier molecular flexibility index (Phi) is 3.80. The Balaban J connectivity index is 2.76. The molecule has 0 radical (unpaired) electrons. The number of rotatable bonds is 3. The van der Waals surface area contributed by atoms with Crippen molar-refractivity contribution in [2.75, 3.05) is 7.11 Å². The van der Waals surface area contributed by atoms with Gasteiger partial charge in [-0.2, -0.15) is 18.2 Å². The molecular formula is C7H7ClF3NO2S. The molecule has 0 aliphatic heterocycles. The molecule has 0 fully saturated rings. The Morgan fingerprint density at radius 2 is 2.20 bits per heavy atom. The normalized spacial score (nSPS) is 14.0. The van der Waals surface area contributed by atoms with Gasteiger partial charge in [0.05, 0.1) is 12.0 Å². The highest BCUT2D eigenvalue weighted by Gasteiger charge is 2.38. The van der Waals surface area contributed by atoms with Crippen molar-refractivity contribution in [1.82, 2.24) is 4.98 Å². The summed E-state index contributed by atoms with van der Waals surface area (Å²) in [5.74, 6) is 0. The summed E-state index contributed by atoms with van der Waals surface area (Å²) in [7, 11) is 1.33. The molecule has 15 heavy (non-hydrogen) atoms. The number of methoxy groups -OCH3 is 1. The number of thiazole rings is 1. The van der Waals surface area contributed by atoms with E-state index in [-0.39, 0.29) is 15.2 Å². The van der Waals surface area contributed by atoms with Gasteiger partial charge in [-0.05, 0) is 0 Å². The van der Waals surface area contributed by atoms with E-state index < -0.39 is 18.7 Å². The first kappa shape index (κ1) is 12.5. The summed E-state index contributed by atoms with van der Waals surface area (Å²) in [4.78, 5) is 3.80. The number of hydrogen-bond acceptors (Lipinski definition) is 4. The van der Waals surface area contributed by atoms with Crippen LogP contribution in [0, 0.1) is 0 Å². The van der Waals surface area contributed by atoms with E-state index in [1.165, 1.54) is 7.11 Å². The number of ether oxygens (including phenoxy) is 1. The van der Waals surface area contributed by atoms with E-state index in [1.54, 1.807) is 0 Å². The molecule has 3 nitrogen and oxygen atoms in total. The van der Waals surface area contributed by atoms with Crippen molar-refractivity contribution in [1.29, 1.82) is 0 Å². The maximum absolute atomic E-state index is 12.0. The first-order valence-electron chi connectivity index (χ1n) is 3.78. The molecule has 1 atom stereocenters. The number of alkyl halides is 3. The standard InChI is InChI=1S/C7H7ClF3NO2S/c1-14-6-12-5(8)3(15-6)2-4(13)7(9,10)11/h4,13H,2H2,1H3. The van der Waals surface area contributed by atoms with Crippen LogP contribution >= 0.6 is 22.9 Å². The fourth-order valence-electron chi connectivity index (χ4n) is 0.817. The lowest BCUT2D eigenvalue weighted by Gasteiger charge is -2.12. The summed E-state index contributed by atoms with van der Waals surface area (Å²) < 4.78 is 40.7. The van der Waals surface area contributed by atoms with E-state index >= 15 is 0 Å². The summed E-state index contributed by atoms with van der Waals surface area (Å²) in [6, 6.07) is 0. The Morgan fingerprint density at radius 3 is 2.60 bits per heavy atom. The highest BCUT2D eigenvalue weighted by Crippen LogP contribution is 2.32. The molecule has 1 unspecified atom stereocenters. The fraction of sp³-hybridized carbons (Fsp3) is 0.571. The number of aliphatic hydroxyl groups excluding tert-OH is 1. The van der Waals surface area contributed by atoms with Crippen molar-refractivity contribution in [2.45, 2.75) is 18.7 Å². The molecule has 1 aromatic heterocycles. The molecule has 0 amide bonds. The average Bonchev–Trinajstić information content (AvgIpc) is 2.45. The van der Waals surface area contributed by atoms with Gasteiger partial charge >= 0.3 is 6.18 Å². The summed E-state index contributed by atoms with van der Waals surface area (Å²) in [5, 5.41) is 8.90. The maximum Gasteiger partial charge on any atom is 0.414 e. The molecule has 8 heteroatoms. The van der Waals surface area contributed by atoms with E-state index in [0.717, 1.165) is 11.3 Å². The molecule has 0 saturated heterocycles. The molecule has 0 aromatic carbocycles. The summed E-state index contributed by atoms with van der Waals surface area (Å²) in [6.07, 6.45) is -7.69. The van der Waals surface area contributed by atoms with Gasteiger partial charge in [-0.15, -0.1) is 0 Å². The van der Waals surface area contributed by atoms with Crippen LogP contribution in [-0.4, -0.2) is 29.5 Å². The van der Waals surface area contributed by atoms with Gasteiger partial charge in [-0.1, -0.05) is 22.9 Å². The third-order valence-electron chi connectivity index (χ3n) is 1.56. The highest BCUT2D eigenvalue weighted by molar-refractivity contribution is 7.13. The zero-order chi connectivity index (χ0) is 11.6. The molecule has 1 N–H and O–H groups in total. The van der Waals surface area contributed by atoms with E-state index in [1.807, 2.05) is 0 Å². The number of nitrogens with zero attached hydrogens (tertiary/aromatic N) is 1. The van der Waals surface area contributed by atoms with Crippen molar-refractivity contribution in [3.63, 3.8) is 0 Å². The van der Waals surface area contributed by atoms with Crippen molar-refractivity contribution >= 4 is 22.9 Å². The van der Waals surface area contributed by atoms with Crippen LogP contribution in [0.25, 0.3) is 0 Å². The second-order valence-corrected chi connectivity index (χ2v) is 4.06. The summed E-state index contributed by atoms with van der Waals surface area (Å²) in [5.41, 5.74) is 0. The maximum atomic E-state index is 12.0. The molecule has 86 valence electrons. The largest absolute Gasteiger partial charge is 0.473 e. The van der Waals surface area contributed by atoms with Gasteiger partial charge in [0.15, 0.2) is 6.10 Å². The van der Waals surface area contributed by atoms with E-state index in [0.29, 0.717) is 0 Å². The van der Waals surface area contributed by atoms with Crippen molar-refractivity contribution in [2.24, 2.45) is 0 Å². The SMILES string of the molecule is COc1nc(Cl)c(CC(O)C(F)(F)F)s1. The molecule has 0 aliphatic rings. The Bertz CT molecular complexity index is 341. The van der Waals surface area contributed by atoms with Gasteiger partial charge < -0.3 is 9.84 Å². The predicted octanol–water partition coefficient (Wildman–Crippen LogP) is 2.27. The molecule has 0 bridgehead atoms. The van der Waals surface area contributed by atoms with Gasteiger partial charge in [0.1, 0.15) is 5.15 Å². The average molecular weight is 262 g/mol. The zero-order valence-corrected chi connectivity index (χ0v) is 9.08. The third kappa shape index (κ3) is 3.22. The molecule has 1 heterocycles. The minimum absolute atomic E-state index is 0.0693. The van der Waals surface area contributed by atoms with Gasteiger partial charge in [-0.3, -0.25) is 0 Å². The van der Waals surface area contributed by atoms with Gasteiger partial charge in [0.2, 0.25) is 0 Å². The Morgan fingerprint density at radius 1 is 1.60 bits per heavy atom. The number of aromatic nitrogens is 1. The van der Waals surface area contributed by atoms with Crippen LogP contribution in [0.15, 0.2) is 0 Å². The lowest BCUT2D eigenvalue weighted by Crippen LogP contribution is -2.30. The van der Waals surface area contributed by atoms with Crippen LogP contribution in [-0.2, 0) is 6.42 Å². The lowest BCUT2D eigenvalue weighted by molar-refractivity contribution is -0.202. The van der Waals surface area contributed by atoms with Crippen LogP contribution in [0.1, 0.15) is 4.88 Å². The second kappa shape index (κ2) is 4.54. The number of halogens is 4. The second-order valence-electron chi connectivity index (χ2n) is 2.66. The molecule has 0 aliphatic carbocycles. The van der Waals surface area contributed by atoms with E-state index in [2.05, 4.69) is 4.98 Å². The van der Waals surface area contributed by atoms with Crippen LogP contribution in [0.3, 0.4) is 0 Å². The quantitative estimate of drug-likeness (QED) is 0.908. The van der Waals surface area contributed by atoms with Crippen molar-refractivity contribution in [3.05, 3.63) is 10.0 Å². The lowest BCUT2D eigenvalue weighted by atomic mass is 10.2. The number of aliphatic hydroxyl groups is 1. The van der Waals surface area contributed by atoms with E-state index in [9.17, 15) is 13.2 Å². The molecule has 1 aromatic rings. The third-order valence-corrected chi connectivity index (χ3v) is 3.02. The minimum Gasteiger partial charge on any atom is -0.473 e. The smallest absolute Gasteiger partial charge is 0.414 e. The first-order valence-corrected chi connectivity index (χ1v) is 4.98. The predicted molar refractivity (Wildman–Crippen MR) is 49.4 cm³/mol. The van der Waals surface area contributed by atoms with Crippen molar-refractivity contribution in [3.8, 4) is 5.19 Å². The Labute approximate surface area is 92.5 Å². The van der Waals surface area contributed by atoms with E-state index in [4.69, 9.17) is 21.4 Å². The van der Waals surface area contributed by atoms with Crippen LogP contribution in [0.2, 0.25) is 5.15 Å². The molecule has 1 rings (SSSR count). The van der Waals surface area contributed by atoms with Gasteiger partial charge in [-0.25, -0.2) is 0 Å². The van der Waals surface area contributed by atoms with Crippen molar-refractivity contribution < 1.29 is 23.0 Å². The molecular weight excluding hydrogens is 255 g/mol. The van der Waals surface area contributed by atoms with Gasteiger partial charge in [0, 0.05) is 6.42 Å². The minimum atomic E-state index is -4.65. The topological polar surface area (TPSA) is 42.4 Å². The summed E-state index contributed by atoms with van der Waals surface area (Å²) in [6.45, 7) is 0. The summed E-state index contributed by atoms with van der Waals surface area (Å²) >= 11 is 6.44. The first-order chi connectivity index (χ1) is 6.84. The van der Waals surface area contributed by atoms with Crippen LogP contribution < -0.4 is 4.74 Å². The van der Waals surface area contributed by atoms with Crippen LogP contribution in [0.4, 0.5) is 13.2 Å². The highest BCUT2D eigenvalue weighted by atomic mass is 35.5. The van der Waals surface area contributed by atoms with Crippen LogP contribution in [0.5, 0.6) is 5.19 Å². The molecule has 0 spiro atoms. The number of hydrogen-bond donors (Lipinski definition) is 1. The monoisotopic (exact) mass is 261 g/mol. The zero-order valence-electron chi connectivity index (χ0n) is 7.51. The Hall–Kier alpha value is -0.530. The molecule has 0 saturated carbocycles.